The maximum Gasteiger partial charge on any atom is 0.224 e. The van der Waals surface area contributed by atoms with Gasteiger partial charge in [-0.05, 0) is 24.8 Å². The molecule has 4 nitrogen and oxygen atoms in total. The molecule has 4 heteroatoms. The van der Waals surface area contributed by atoms with Gasteiger partial charge in [0.05, 0.1) is 11.8 Å². The van der Waals surface area contributed by atoms with Crippen molar-refractivity contribution in [2.75, 3.05) is 6.54 Å². The van der Waals surface area contributed by atoms with Crippen molar-refractivity contribution >= 4 is 11.8 Å². The van der Waals surface area contributed by atoms with Crippen LogP contribution in [-0.4, -0.2) is 18.4 Å². The molecule has 0 heterocycles. The van der Waals surface area contributed by atoms with Gasteiger partial charge in [-0.25, -0.2) is 0 Å². The summed E-state index contributed by atoms with van der Waals surface area (Å²) >= 11 is 0. The molecule has 2 atom stereocenters. The van der Waals surface area contributed by atoms with Crippen LogP contribution < -0.4 is 10.6 Å². The van der Waals surface area contributed by atoms with E-state index in [-0.39, 0.29) is 23.7 Å². The molecule has 21 heavy (non-hydrogen) atoms. The number of aryl methyl sites for hydroxylation is 1. The number of nitrogens with one attached hydrogen (secondary N) is 2. The molecule has 1 aromatic rings. The predicted molar refractivity (Wildman–Crippen MR) is 82.5 cm³/mol. The highest BCUT2D eigenvalue weighted by Crippen LogP contribution is 2.38. The van der Waals surface area contributed by atoms with Crippen molar-refractivity contribution in [2.24, 2.45) is 17.8 Å². The average molecular weight is 288 g/mol. The molecule has 2 unspecified atom stereocenters. The van der Waals surface area contributed by atoms with Crippen molar-refractivity contribution in [2.45, 2.75) is 33.7 Å². The molecule has 2 amide bonds. The van der Waals surface area contributed by atoms with Crippen molar-refractivity contribution in [1.82, 2.24) is 10.6 Å². The SMILES string of the molecule is Cc1ccc(CNC(=O)C2CC2C(=O)NCC(C)C)cc1. The van der Waals surface area contributed by atoms with Crippen LogP contribution in [-0.2, 0) is 16.1 Å². The summed E-state index contributed by atoms with van der Waals surface area (Å²) in [6.07, 6.45) is 0.670. The van der Waals surface area contributed by atoms with Crippen LogP contribution in [0.5, 0.6) is 0 Å². The van der Waals surface area contributed by atoms with Gasteiger partial charge < -0.3 is 10.6 Å². The first-order chi connectivity index (χ1) is 9.97. The molecule has 0 aromatic heterocycles. The molecular formula is C17H24N2O2. The van der Waals surface area contributed by atoms with Crippen molar-refractivity contribution in [3.8, 4) is 0 Å². The highest BCUT2D eigenvalue weighted by Gasteiger charge is 2.47. The second-order valence-electron chi connectivity index (χ2n) is 6.29. The second kappa shape index (κ2) is 6.74. The maximum atomic E-state index is 12.0. The van der Waals surface area contributed by atoms with Crippen LogP contribution in [0.25, 0.3) is 0 Å². The minimum absolute atomic E-state index is 0.0131. The minimum atomic E-state index is -0.150. The van der Waals surface area contributed by atoms with Gasteiger partial charge in [0.2, 0.25) is 11.8 Å². The van der Waals surface area contributed by atoms with Gasteiger partial charge in [-0.3, -0.25) is 9.59 Å². The third-order valence-electron chi connectivity index (χ3n) is 3.74. The van der Waals surface area contributed by atoms with Gasteiger partial charge in [-0.2, -0.15) is 0 Å². The molecule has 1 aliphatic rings. The van der Waals surface area contributed by atoms with Gasteiger partial charge >= 0.3 is 0 Å². The van der Waals surface area contributed by atoms with E-state index in [1.807, 2.05) is 31.2 Å². The maximum absolute atomic E-state index is 12.0. The number of carbonyl (C=O) groups excluding carboxylic acids is 2. The average Bonchev–Trinajstić information content (AvgIpc) is 3.24. The summed E-state index contributed by atoms with van der Waals surface area (Å²) in [6.45, 7) is 7.34. The Balaban J connectivity index is 1.73. The Hall–Kier alpha value is -1.84. The van der Waals surface area contributed by atoms with Crippen molar-refractivity contribution in [3.63, 3.8) is 0 Å². The van der Waals surface area contributed by atoms with E-state index in [9.17, 15) is 9.59 Å². The van der Waals surface area contributed by atoms with E-state index in [0.717, 1.165) is 5.56 Å². The summed E-state index contributed by atoms with van der Waals surface area (Å²) in [7, 11) is 0. The van der Waals surface area contributed by atoms with Crippen LogP contribution in [0.3, 0.4) is 0 Å². The summed E-state index contributed by atoms with van der Waals surface area (Å²) in [5, 5.41) is 5.80. The zero-order valence-electron chi connectivity index (χ0n) is 13.0. The van der Waals surface area contributed by atoms with Crippen molar-refractivity contribution in [3.05, 3.63) is 35.4 Å². The fourth-order valence-corrected chi connectivity index (χ4v) is 2.24. The molecule has 0 spiro atoms. The molecule has 1 saturated carbocycles. The van der Waals surface area contributed by atoms with E-state index in [1.54, 1.807) is 0 Å². The standard InChI is InChI=1S/C17H24N2O2/c1-11(2)9-18-16(20)14-8-15(14)17(21)19-10-13-6-4-12(3)5-7-13/h4-7,11,14-15H,8-10H2,1-3H3,(H,18,20)(H,19,21). The summed E-state index contributed by atoms with van der Waals surface area (Å²) in [6, 6.07) is 8.08. The summed E-state index contributed by atoms with van der Waals surface area (Å²) in [5.74, 6) is 0.144. The van der Waals surface area contributed by atoms with Gasteiger partial charge in [0.1, 0.15) is 0 Å². The fraction of sp³-hybridized carbons (Fsp3) is 0.529. The van der Waals surface area contributed by atoms with Gasteiger partial charge in [0, 0.05) is 13.1 Å². The highest BCUT2D eigenvalue weighted by molar-refractivity contribution is 5.92. The summed E-state index contributed by atoms with van der Waals surface area (Å²) in [4.78, 5) is 23.9. The molecule has 0 aliphatic heterocycles. The quantitative estimate of drug-likeness (QED) is 0.841. The number of rotatable bonds is 6. The topological polar surface area (TPSA) is 58.2 Å². The van der Waals surface area contributed by atoms with Crippen LogP contribution in [0.1, 0.15) is 31.4 Å². The molecular weight excluding hydrogens is 264 g/mol. The van der Waals surface area contributed by atoms with Crippen LogP contribution in [0.4, 0.5) is 0 Å². The first kappa shape index (κ1) is 15.5. The Morgan fingerprint density at radius 2 is 1.67 bits per heavy atom. The Kier molecular flexibility index (Phi) is 4.99. The lowest BCUT2D eigenvalue weighted by Crippen LogP contribution is -2.31. The first-order valence-corrected chi connectivity index (χ1v) is 7.58. The van der Waals surface area contributed by atoms with E-state index in [4.69, 9.17) is 0 Å². The Morgan fingerprint density at radius 3 is 2.24 bits per heavy atom. The predicted octanol–water partition coefficient (Wildman–Crippen LogP) is 2.02. The largest absolute Gasteiger partial charge is 0.356 e. The Morgan fingerprint density at radius 1 is 1.10 bits per heavy atom. The van der Waals surface area contributed by atoms with Gasteiger partial charge in [0.15, 0.2) is 0 Å². The molecule has 1 aliphatic carbocycles. The van der Waals surface area contributed by atoms with Crippen LogP contribution in [0, 0.1) is 24.7 Å². The summed E-state index contributed by atoms with van der Waals surface area (Å²) < 4.78 is 0. The van der Waals surface area contributed by atoms with Gasteiger partial charge in [0.25, 0.3) is 0 Å². The monoisotopic (exact) mass is 288 g/mol. The molecule has 1 fully saturated rings. The Labute approximate surface area is 126 Å². The van der Waals surface area contributed by atoms with Crippen molar-refractivity contribution in [1.29, 1.82) is 0 Å². The molecule has 0 radical (unpaired) electrons. The molecule has 2 N–H and O–H groups in total. The highest BCUT2D eigenvalue weighted by atomic mass is 16.2. The number of amides is 2. The third kappa shape index (κ3) is 4.59. The lowest BCUT2D eigenvalue weighted by Gasteiger charge is -2.08. The normalized spacial score (nSPS) is 20.2. The van der Waals surface area contributed by atoms with E-state index in [0.29, 0.717) is 25.4 Å². The van der Waals surface area contributed by atoms with E-state index < -0.39 is 0 Å². The molecule has 114 valence electrons. The number of benzene rings is 1. The van der Waals surface area contributed by atoms with Crippen molar-refractivity contribution < 1.29 is 9.59 Å². The number of carbonyl (C=O) groups is 2. The lowest BCUT2D eigenvalue weighted by molar-refractivity contribution is -0.127. The lowest BCUT2D eigenvalue weighted by atomic mass is 10.1. The van der Waals surface area contributed by atoms with Gasteiger partial charge in [-0.15, -0.1) is 0 Å². The second-order valence-corrected chi connectivity index (χ2v) is 6.29. The summed E-state index contributed by atoms with van der Waals surface area (Å²) in [5.41, 5.74) is 2.28. The first-order valence-electron chi connectivity index (χ1n) is 7.58. The zero-order chi connectivity index (χ0) is 15.4. The van der Waals surface area contributed by atoms with Crippen LogP contribution >= 0.6 is 0 Å². The minimum Gasteiger partial charge on any atom is -0.356 e. The van der Waals surface area contributed by atoms with Crippen LogP contribution in [0.2, 0.25) is 0 Å². The molecule has 0 saturated heterocycles. The number of hydrogen-bond donors (Lipinski definition) is 2. The molecule has 1 aromatic carbocycles. The third-order valence-corrected chi connectivity index (χ3v) is 3.74. The fourth-order valence-electron chi connectivity index (χ4n) is 2.24. The molecule has 0 bridgehead atoms. The van der Waals surface area contributed by atoms with E-state index in [1.165, 1.54) is 5.56 Å². The molecule has 2 rings (SSSR count). The van der Waals surface area contributed by atoms with Gasteiger partial charge in [-0.1, -0.05) is 43.7 Å². The van der Waals surface area contributed by atoms with E-state index >= 15 is 0 Å². The number of hydrogen-bond acceptors (Lipinski definition) is 2. The van der Waals surface area contributed by atoms with Crippen LogP contribution in [0.15, 0.2) is 24.3 Å². The van der Waals surface area contributed by atoms with E-state index in [2.05, 4.69) is 24.5 Å². The Bertz CT molecular complexity index is 508. The zero-order valence-corrected chi connectivity index (χ0v) is 13.0. The smallest absolute Gasteiger partial charge is 0.224 e.